The molecule has 6 rings (SSSR count). The van der Waals surface area contributed by atoms with Gasteiger partial charge < -0.3 is 9.47 Å². The number of ether oxygens (including phenoxy) is 2. The van der Waals surface area contributed by atoms with E-state index in [2.05, 4.69) is 86.5 Å². The molecule has 1 spiro atoms. The summed E-state index contributed by atoms with van der Waals surface area (Å²) in [4.78, 5) is 0. The number of allylic oxidation sites excluding steroid dienone is 3. The van der Waals surface area contributed by atoms with Gasteiger partial charge in [-0.3, -0.25) is 0 Å². The van der Waals surface area contributed by atoms with Crippen molar-refractivity contribution in [1.29, 1.82) is 0 Å². The first kappa shape index (κ1) is 17.5. The van der Waals surface area contributed by atoms with Crippen LogP contribution in [-0.2, 0) is 5.41 Å². The summed E-state index contributed by atoms with van der Waals surface area (Å²) in [5, 5.41) is 0. The van der Waals surface area contributed by atoms with Gasteiger partial charge in [0.15, 0.2) is 0 Å². The predicted molar refractivity (Wildman–Crippen MR) is 121 cm³/mol. The number of benzene rings is 3. The van der Waals surface area contributed by atoms with Crippen LogP contribution in [0.2, 0.25) is 0 Å². The van der Waals surface area contributed by atoms with Gasteiger partial charge in [-0.05, 0) is 61.4 Å². The van der Waals surface area contributed by atoms with Gasteiger partial charge >= 0.3 is 0 Å². The van der Waals surface area contributed by atoms with E-state index in [1.165, 1.54) is 5.57 Å². The van der Waals surface area contributed by atoms with Gasteiger partial charge in [0.25, 0.3) is 0 Å². The van der Waals surface area contributed by atoms with Crippen molar-refractivity contribution < 1.29 is 9.47 Å². The molecular weight excluding hydrogens is 492 g/mol. The van der Waals surface area contributed by atoms with Crippen molar-refractivity contribution in [3.05, 3.63) is 110 Å². The molecule has 3 aliphatic rings. The highest BCUT2D eigenvalue weighted by Crippen LogP contribution is 2.61. The summed E-state index contributed by atoms with van der Waals surface area (Å²) in [6.45, 7) is 0. The van der Waals surface area contributed by atoms with Crippen LogP contribution >= 0.6 is 31.9 Å². The van der Waals surface area contributed by atoms with Gasteiger partial charge in [-0.15, -0.1) is 0 Å². The monoisotopic (exact) mass is 506 g/mol. The van der Waals surface area contributed by atoms with Gasteiger partial charge in [0.05, 0.1) is 5.41 Å². The van der Waals surface area contributed by atoms with Crippen LogP contribution in [0.3, 0.4) is 0 Å². The third kappa shape index (κ3) is 2.39. The average molecular weight is 508 g/mol. The molecule has 4 heteroatoms. The molecule has 3 aromatic rings. The SMILES string of the molecule is Brc1ccc2c(c1)C1(C3=CCCC=C3Oc3ccccc31)c1cc(Br)ccc1O2. The second kappa shape index (κ2) is 6.35. The van der Waals surface area contributed by atoms with E-state index in [9.17, 15) is 0 Å². The number of rotatable bonds is 0. The van der Waals surface area contributed by atoms with Gasteiger partial charge in [0, 0.05) is 31.2 Å². The minimum Gasteiger partial charge on any atom is -0.457 e. The summed E-state index contributed by atoms with van der Waals surface area (Å²) in [7, 11) is 0. The maximum Gasteiger partial charge on any atom is 0.132 e. The maximum atomic E-state index is 6.38. The van der Waals surface area contributed by atoms with E-state index in [0.29, 0.717) is 0 Å². The van der Waals surface area contributed by atoms with Crippen LogP contribution < -0.4 is 9.47 Å². The van der Waals surface area contributed by atoms with Gasteiger partial charge in [-0.2, -0.15) is 0 Å². The van der Waals surface area contributed by atoms with Crippen LogP contribution in [0.15, 0.2) is 93.1 Å². The lowest BCUT2D eigenvalue weighted by molar-refractivity contribution is 0.362. The van der Waals surface area contributed by atoms with Crippen LogP contribution in [-0.4, -0.2) is 0 Å². The number of halogens is 2. The molecule has 0 unspecified atom stereocenters. The van der Waals surface area contributed by atoms with E-state index < -0.39 is 5.41 Å². The fraction of sp³-hybridized carbons (Fsp3) is 0.120. The number of hydrogen-bond acceptors (Lipinski definition) is 2. The molecule has 0 radical (unpaired) electrons. The van der Waals surface area contributed by atoms with Crippen LogP contribution in [0.1, 0.15) is 29.5 Å². The fourth-order valence-electron chi connectivity index (χ4n) is 4.83. The molecule has 0 atom stereocenters. The molecule has 0 bridgehead atoms. The molecule has 0 saturated heterocycles. The molecule has 0 amide bonds. The van der Waals surface area contributed by atoms with Crippen molar-refractivity contribution in [1.82, 2.24) is 0 Å². The van der Waals surface area contributed by atoms with Crippen molar-refractivity contribution >= 4 is 31.9 Å². The Hall–Kier alpha value is -2.30. The smallest absolute Gasteiger partial charge is 0.132 e. The Labute approximate surface area is 186 Å². The van der Waals surface area contributed by atoms with Crippen LogP contribution in [0.5, 0.6) is 17.2 Å². The Kier molecular flexibility index (Phi) is 3.84. The predicted octanol–water partition coefficient (Wildman–Crippen LogP) is 7.65. The lowest BCUT2D eigenvalue weighted by Crippen LogP contribution is -2.40. The summed E-state index contributed by atoms with van der Waals surface area (Å²) < 4.78 is 14.8. The molecule has 3 aromatic carbocycles. The summed E-state index contributed by atoms with van der Waals surface area (Å²) in [5.41, 5.74) is 4.12. The van der Waals surface area contributed by atoms with Crippen molar-refractivity contribution in [2.75, 3.05) is 0 Å². The highest BCUT2D eigenvalue weighted by atomic mass is 79.9. The summed E-state index contributed by atoms with van der Waals surface area (Å²) >= 11 is 7.39. The number of para-hydroxylation sites is 1. The van der Waals surface area contributed by atoms with Gasteiger partial charge in [0.2, 0.25) is 0 Å². The zero-order chi connectivity index (χ0) is 19.6. The van der Waals surface area contributed by atoms with E-state index in [0.717, 1.165) is 61.5 Å². The number of hydrogen-bond donors (Lipinski definition) is 0. The molecule has 142 valence electrons. The Balaban J connectivity index is 1.83. The second-order valence-corrected chi connectivity index (χ2v) is 9.33. The molecule has 29 heavy (non-hydrogen) atoms. The first-order chi connectivity index (χ1) is 14.2. The molecular formula is C25H16Br2O2. The van der Waals surface area contributed by atoms with Crippen LogP contribution in [0.25, 0.3) is 0 Å². The summed E-state index contributed by atoms with van der Waals surface area (Å²) in [6.07, 6.45) is 6.55. The highest BCUT2D eigenvalue weighted by molar-refractivity contribution is 9.10. The van der Waals surface area contributed by atoms with Crippen molar-refractivity contribution in [2.24, 2.45) is 0 Å². The molecule has 0 aromatic heterocycles. The van der Waals surface area contributed by atoms with E-state index in [-0.39, 0.29) is 0 Å². The third-order valence-electron chi connectivity index (χ3n) is 5.94. The normalized spacial score (nSPS) is 17.6. The van der Waals surface area contributed by atoms with E-state index in [1.807, 2.05) is 18.2 Å². The molecule has 2 heterocycles. The molecule has 2 aliphatic heterocycles. The first-order valence-corrected chi connectivity index (χ1v) is 11.2. The Morgan fingerprint density at radius 1 is 0.655 bits per heavy atom. The molecule has 0 N–H and O–H groups in total. The Morgan fingerprint density at radius 3 is 2.00 bits per heavy atom. The van der Waals surface area contributed by atoms with Gasteiger partial charge in [0.1, 0.15) is 23.0 Å². The average Bonchev–Trinajstić information content (AvgIpc) is 2.74. The summed E-state index contributed by atoms with van der Waals surface area (Å²) in [6, 6.07) is 20.9. The third-order valence-corrected chi connectivity index (χ3v) is 6.92. The molecule has 1 aliphatic carbocycles. The fourth-order valence-corrected chi connectivity index (χ4v) is 5.55. The molecule has 0 fully saturated rings. The van der Waals surface area contributed by atoms with Crippen LogP contribution in [0, 0.1) is 0 Å². The largest absolute Gasteiger partial charge is 0.457 e. The van der Waals surface area contributed by atoms with Gasteiger partial charge in [-0.1, -0.05) is 56.1 Å². The lowest BCUT2D eigenvalue weighted by Gasteiger charge is -2.47. The van der Waals surface area contributed by atoms with Crippen molar-refractivity contribution in [2.45, 2.75) is 18.3 Å². The van der Waals surface area contributed by atoms with E-state index in [4.69, 9.17) is 9.47 Å². The Morgan fingerprint density at radius 2 is 1.28 bits per heavy atom. The quantitative estimate of drug-likeness (QED) is 0.311. The zero-order valence-electron chi connectivity index (χ0n) is 15.4. The Bertz CT molecular complexity index is 1190. The topological polar surface area (TPSA) is 18.5 Å². The van der Waals surface area contributed by atoms with Crippen molar-refractivity contribution in [3.63, 3.8) is 0 Å². The standard InChI is InChI=1S/C25H16Br2O2/c26-15-9-11-23-19(13-15)25(20-14-16(27)10-12-24(20)29-23)17-5-1-3-7-21(17)28-22-8-4-2-6-18(22)25/h1,3,5-14H,2,4H2. The van der Waals surface area contributed by atoms with E-state index in [1.54, 1.807) is 0 Å². The zero-order valence-corrected chi connectivity index (χ0v) is 18.6. The highest BCUT2D eigenvalue weighted by Gasteiger charge is 2.52. The minimum absolute atomic E-state index is 0.489. The second-order valence-electron chi connectivity index (χ2n) is 7.49. The minimum atomic E-state index is -0.489. The first-order valence-electron chi connectivity index (χ1n) is 9.64. The molecule has 2 nitrogen and oxygen atoms in total. The molecule has 0 saturated carbocycles. The maximum absolute atomic E-state index is 6.38. The summed E-state index contributed by atoms with van der Waals surface area (Å²) in [5.74, 6) is 3.61. The number of fused-ring (bicyclic) bond motifs is 8. The van der Waals surface area contributed by atoms with E-state index >= 15 is 0 Å². The van der Waals surface area contributed by atoms with Crippen LogP contribution in [0.4, 0.5) is 0 Å². The van der Waals surface area contributed by atoms with Crippen molar-refractivity contribution in [3.8, 4) is 17.2 Å². The lowest BCUT2D eigenvalue weighted by atomic mass is 9.61. The van der Waals surface area contributed by atoms with Gasteiger partial charge in [-0.25, -0.2) is 0 Å².